The van der Waals surface area contributed by atoms with Crippen molar-refractivity contribution >= 4 is 7.82 Å². The van der Waals surface area contributed by atoms with E-state index in [9.17, 15) is 9.46 Å². The standard InChI is InChI=1S/C11H13N2O4P/c1-9-8-11(17-18(14,15)16-2)13(12-9)10-6-4-3-5-7-10/h3-8H,1-2H3,(H,14,15). The molecule has 1 aromatic heterocycles. The molecule has 0 saturated carbocycles. The fourth-order valence-corrected chi connectivity index (χ4v) is 1.89. The van der Waals surface area contributed by atoms with Gasteiger partial charge in [-0.1, -0.05) is 18.2 Å². The van der Waals surface area contributed by atoms with Crippen molar-refractivity contribution in [2.24, 2.45) is 0 Å². The van der Waals surface area contributed by atoms with Crippen LogP contribution in [-0.4, -0.2) is 21.8 Å². The number of benzene rings is 1. The number of hydrogen-bond donors (Lipinski definition) is 1. The average Bonchev–Trinajstić information content (AvgIpc) is 2.70. The van der Waals surface area contributed by atoms with Crippen LogP contribution in [0.4, 0.5) is 0 Å². The summed E-state index contributed by atoms with van der Waals surface area (Å²) in [5, 5.41) is 4.20. The Balaban J connectivity index is 2.41. The van der Waals surface area contributed by atoms with Gasteiger partial charge in [0.25, 0.3) is 0 Å². The third kappa shape index (κ3) is 2.79. The summed E-state index contributed by atoms with van der Waals surface area (Å²) in [6.45, 7) is 1.77. The first-order chi connectivity index (χ1) is 8.52. The van der Waals surface area contributed by atoms with Gasteiger partial charge in [0.15, 0.2) is 0 Å². The first-order valence-electron chi connectivity index (χ1n) is 5.22. The summed E-state index contributed by atoms with van der Waals surface area (Å²) >= 11 is 0. The smallest absolute Gasteiger partial charge is 0.386 e. The minimum atomic E-state index is -4.09. The zero-order chi connectivity index (χ0) is 13.2. The van der Waals surface area contributed by atoms with Gasteiger partial charge in [-0.2, -0.15) is 5.10 Å². The molecule has 1 N–H and O–H groups in total. The quantitative estimate of drug-likeness (QED) is 0.861. The summed E-state index contributed by atoms with van der Waals surface area (Å²) in [4.78, 5) is 9.33. The second-order valence-corrected chi connectivity index (χ2v) is 5.10. The van der Waals surface area contributed by atoms with E-state index in [1.807, 2.05) is 30.3 Å². The molecule has 0 amide bonds. The zero-order valence-corrected chi connectivity index (χ0v) is 10.9. The first-order valence-corrected chi connectivity index (χ1v) is 6.71. The van der Waals surface area contributed by atoms with Crippen LogP contribution in [0.3, 0.4) is 0 Å². The SMILES string of the molecule is COP(=O)(O)Oc1cc(C)nn1-c1ccccc1. The van der Waals surface area contributed by atoms with E-state index in [-0.39, 0.29) is 5.88 Å². The number of phosphoric acid groups is 1. The third-order valence-corrected chi connectivity index (χ3v) is 3.12. The lowest BCUT2D eigenvalue weighted by Crippen LogP contribution is -2.02. The van der Waals surface area contributed by atoms with E-state index < -0.39 is 7.82 Å². The lowest BCUT2D eigenvalue weighted by Gasteiger charge is -2.11. The molecule has 7 heteroatoms. The highest BCUT2D eigenvalue weighted by atomic mass is 31.2. The number of aromatic nitrogens is 2. The van der Waals surface area contributed by atoms with Gasteiger partial charge in [0, 0.05) is 13.2 Å². The molecule has 1 heterocycles. The summed E-state index contributed by atoms with van der Waals surface area (Å²) in [7, 11) is -2.98. The molecular formula is C11H13N2O4P. The van der Waals surface area contributed by atoms with Crippen LogP contribution in [0.15, 0.2) is 36.4 Å². The van der Waals surface area contributed by atoms with Crippen molar-refractivity contribution in [2.75, 3.05) is 7.11 Å². The van der Waals surface area contributed by atoms with Crippen LogP contribution in [0, 0.1) is 6.92 Å². The molecule has 0 fully saturated rings. The van der Waals surface area contributed by atoms with Gasteiger partial charge in [-0.25, -0.2) is 9.25 Å². The van der Waals surface area contributed by atoms with E-state index in [0.717, 1.165) is 12.8 Å². The Morgan fingerprint density at radius 3 is 2.61 bits per heavy atom. The number of aryl methyl sites for hydroxylation is 1. The van der Waals surface area contributed by atoms with Crippen molar-refractivity contribution in [1.29, 1.82) is 0 Å². The van der Waals surface area contributed by atoms with Crippen LogP contribution in [0.5, 0.6) is 5.88 Å². The minimum Gasteiger partial charge on any atom is -0.386 e. The Morgan fingerprint density at radius 2 is 2.00 bits per heavy atom. The maximum atomic E-state index is 11.4. The van der Waals surface area contributed by atoms with E-state index in [0.29, 0.717) is 5.69 Å². The summed E-state index contributed by atoms with van der Waals surface area (Å²) < 4.78 is 22.2. The van der Waals surface area contributed by atoms with Crippen LogP contribution in [-0.2, 0) is 9.09 Å². The lowest BCUT2D eigenvalue weighted by molar-refractivity contribution is 0.238. The molecule has 0 aliphatic carbocycles. The predicted octanol–water partition coefficient (Wildman–Crippen LogP) is 2.31. The molecule has 0 bridgehead atoms. The molecule has 0 spiro atoms. The fraction of sp³-hybridized carbons (Fsp3) is 0.182. The minimum absolute atomic E-state index is 0.159. The molecule has 0 saturated heterocycles. The van der Waals surface area contributed by atoms with Gasteiger partial charge in [0.05, 0.1) is 11.4 Å². The Bertz CT molecular complexity index is 582. The van der Waals surface area contributed by atoms with Crippen LogP contribution in [0.2, 0.25) is 0 Å². The summed E-state index contributed by atoms with van der Waals surface area (Å²) in [6.07, 6.45) is 0. The molecule has 1 aromatic carbocycles. The average molecular weight is 268 g/mol. The van der Waals surface area contributed by atoms with E-state index in [1.54, 1.807) is 13.0 Å². The fourth-order valence-electron chi connectivity index (χ4n) is 1.45. The highest BCUT2D eigenvalue weighted by molar-refractivity contribution is 7.47. The molecule has 18 heavy (non-hydrogen) atoms. The molecule has 96 valence electrons. The lowest BCUT2D eigenvalue weighted by atomic mass is 10.3. The molecule has 2 rings (SSSR count). The molecule has 0 radical (unpaired) electrons. The van der Waals surface area contributed by atoms with Crippen LogP contribution in [0.1, 0.15) is 5.69 Å². The van der Waals surface area contributed by atoms with Gasteiger partial charge in [0.2, 0.25) is 5.88 Å². The highest BCUT2D eigenvalue weighted by Gasteiger charge is 2.23. The van der Waals surface area contributed by atoms with Crippen LogP contribution in [0.25, 0.3) is 5.69 Å². The molecule has 2 aromatic rings. The van der Waals surface area contributed by atoms with E-state index in [4.69, 9.17) is 4.52 Å². The monoisotopic (exact) mass is 268 g/mol. The summed E-state index contributed by atoms with van der Waals surface area (Å²) in [5.41, 5.74) is 1.40. The topological polar surface area (TPSA) is 73.6 Å². The Morgan fingerprint density at radius 1 is 1.33 bits per heavy atom. The predicted molar refractivity (Wildman–Crippen MR) is 65.8 cm³/mol. The van der Waals surface area contributed by atoms with Crippen LogP contribution < -0.4 is 4.52 Å². The number of hydrogen-bond acceptors (Lipinski definition) is 4. The maximum absolute atomic E-state index is 11.4. The van der Waals surface area contributed by atoms with Gasteiger partial charge in [0.1, 0.15) is 0 Å². The maximum Gasteiger partial charge on any atom is 0.528 e. The zero-order valence-electron chi connectivity index (χ0n) is 9.98. The molecule has 6 nitrogen and oxygen atoms in total. The van der Waals surface area contributed by atoms with E-state index >= 15 is 0 Å². The Hall–Kier alpha value is -1.62. The molecule has 0 aliphatic rings. The van der Waals surface area contributed by atoms with Crippen molar-refractivity contribution in [3.8, 4) is 11.6 Å². The van der Waals surface area contributed by atoms with Crippen LogP contribution >= 0.6 is 7.82 Å². The van der Waals surface area contributed by atoms with Gasteiger partial charge in [-0.15, -0.1) is 0 Å². The van der Waals surface area contributed by atoms with Crippen molar-refractivity contribution < 1.29 is 18.5 Å². The number of para-hydroxylation sites is 1. The second kappa shape index (κ2) is 4.94. The first kappa shape index (κ1) is 12.8. The van der Waals surface area contributed by atoms with E-state index in [1.165, 1.54) is 4.68 Å². The third-order valence-electron chi connectivity index (χ3n) is 2.24. The number of phosphoric ester groups is 1. The number of nitrogens with zero attached hydrogens (tertiary/aromatic N) is 2. The highest BCUT2D eigenvalue weighted by Crippen LogP contribution is 2.43. The summed E-state index contributed by atoms with van der Waals surface area (Å²) in [5.74, 6) is 0.159. The van der Waals surface area contributed by atoms with Gasteiger partial charge in [-0.3, -0.25) is 9.42 Å². The Labute approximate surface area is 104 Å². The van der Waals surface area contributed by atoms with Crippen molar-refractivity contribution in [1.82, 2.24) is 9.78 Å². The largest absolute Gasteiger partial charge is 0.528 e. The molecule has 1 unspecified atom stereocenters. The van der Waals surface area contributed by atoms with Crippen molar-refractivity contribution in [2.45, 2.75) is 6.92 Å². The Kier molecular flexibility index (Phi) is 3.52. The van der Waals surface area contributed by atoms with Gasteiger partial charge >= 0.3 is 7.82 Å². The molecule has 1 atom stereocenters. The van der Waals surface area contributed by atoms with Crippen molar-refractivity contribution in [3.05, 3.63) is 42.1 Å². The molecular weight excluding hydrogens is 255 g/mol. The molecule has 0 aliphatic heterocycles. The van der Waals surface area contributed by atoms with Gasteiger partial charge in [-0.05, 0) is 19.1 Å². The second-order valence-electron chi connectivity index (χ2n) is 3.61. The van der Waals surface area contributed by atoms with E-state index in [2.05, 4.69) is 9.62 Å². The normalized spacial score (nSPS) is 14.2. The van der Waals surface area contributed by atoms with Gasteiger partial charge < -0.3 is 4.52 Å². The number of rotatable bonds is 4. The van der Waals surface area contributed by atoms with Crippen molar-refractivity contribution in [3.63, 3.8) is 0 Å². The summed E-state index contributed by atoms with van der Waals surface area (Å²) in [6, 6.07) is 10.7.